The van der Waals surface area contributed by atoms with Gasteiger partial charge in [-0.25, -0.2) is 19.3 Å². The summed E-state index contributed by atoms with van der Waals surface area (Å²) in [5.41, 5.74) is 9.00. The normalized spacial score (nSPS) is 13.2. The Balaban J connectivity index is 1.57. The summed E-state index contributed by atoms with van der Waals surface area (Å²) in [6, 6.07) is 9.78. The number of imidazole rings is 1. The van der Waals surface area contributed by atoms with Gasteiger partial charge in [0.25, 0.3) is 5.91 Å². The van der Waals surface area contributed by atoms with Crippen molar-refractivity contribution in [1.82, 2.24) is 19.4 Å². The topological polar surface area (TPSA) is 107 Å². The van der Waals surface area contributed by atoms with Gasteiger partial charge in [-0.1, -0.05) is 12.1 Å². The number of carbonyl (C=O) groups excluding carboxylic acids is 1. The Morgan fingerprint density at radius 2 is 2.16 bits per heavy atom. The number of halogens is 1. The Hall–Kier alpha value is -3.85. The van der Waals surface area contributed by atoms with Gasteiger partial charge in [0.1, 0.15) is 11.6 Å². The van der Waals surface area contributed by atoms with Gasteiger partial charge < -0.3 is 15.8 Å². The first-order valence-corrected chi connectivity index (χ1v) is 9.82. The van der Waals surface area contributed by atoms with Gasteiger partial charge in [-0.3, -0.25) is 9.20 Å². The number of anilines is 1. The van der Waals surface area contributed by atoms with E-state index in [0.717, 1.165) is 16.8 Å². The molecule has 0 atom stereocenters. The number of fused-ring (bicyclic) bond motifs is 2. The molecule has 0 unspecified atom stereocenters. The summed E-state index contributed by atoms with van der Waals surface area (Å²) in [6.07, 6.45) is 4.02. The number of rotatable bonds is 5. The molecule has 4 aromatic rings. The Morgan fingerprint density at radius 1 is 1.26 bits per heavy atom. The fraction of sp³-hybridized carbons (Fsp3) is 0.182. The number of pyridine rings is 1. The highest BCUT2D eigenvalue weighted by Gasteiger charge is 2.21. The van der Waals surface area contributed by atoms with Gasteiger partial charge >= 0.3 is 0 Å². The molecule has 1 amide bonds. The molecule has 0 saturated heterocycles. The molecular formula is C22H19FN6O2. The second kappa shape index (κ2) is 7.77. The van der Waals surface area contributed by atoms with Crippen LogP contribution in [-0.4, -0.2) is 31.9 Å². The molecule has 0 fully saturated rings. The smallest absolute Gasteiger partial charge is 0.250 e. The maximum atomic E-state index is 13.5. The molecule has 4 heterocycles. The van der Waals surface area contributed by atoms with Crippen molar-refractivity contribution in [3.05, 3.63) is 77.0 Å². The van der Waals surface area contributed by atoms with Crippen LogP contribution in [0.4, 0.5) is 10.2 Å². The SMILES string of the molecule is NC(=O)c1cccn2c(-c3nc4c(c(NCc5cccc(F)c5)n3)COCC4)ncc12. The number of hydrogen-bond acceptors (Lipinski definition) is 6. The summed E-state index contributed by atoms with van der Waals surface area (Å²) in [5.74, 6) is 0.720. The van der Waals surface area contributed by atoms with E-state index < -0.39 is 5.91 Å². The van der Waals surface area contributed by atoms with E-state index >= 15 is 0 Å². The fourth-order valence-corrected chi connectivity index (χ4v) is 3.71. The third-order valence-corrected chi connectivity index (χ3v) is 5.21. The molecule has 156 valence electrons. The molecule has 1 aliphatic heterocycles. The lowest BCUT2D eigenvalue weighted by Gasteiger charge is -2.20. The van der Waals surface area contributed by atoms with Crippen molar-refractivity contribution in [2.45, 2.75) is 19.6 Å². The second-order valence-corrected chi connectivity index (χ2v) is 7.23. The highest BCUT2D eigenvalue weighted by molar-refractivity contribution is 5.99. The van der Waals surface area contributed by atoms with Crippen molar-refractivity contribution in [3.63, 3.8) is 0 Å². The molecule has 1 aromatic carbocycles. The summed E-state index contributed by atoms with van der Waals surface area (Å²) >= 11 is 0. The molecule has 0 radical (unpaired) electrons. The molecule has 5 rings (SSSR count). The number of hydrogen-bond donors (Lipinski definition) is 2. The van der Waals surface area contributed by atoms with Crippen LogP contribution in [0.1, 0.15) is 27.2 Å². The first-order valence-electron chi connectivity index (χ1n) is 9.82. The Bertz CT molecular complexity index is 1300. The van der Waals surface area contributed by atoms with Gasteiger partial charge in [0.05, 0.1) is 36.2 Å². The molecular weight excluding hydrogens is 399 g/mol. The van der Waals surface area contributed by atoms with Crippen molar-refractivity contribution >= 4 is 17.2 Å². The van der Waals surface area contributed by atoms with E-state index in [2.05, 4.69) is 10.3 Å². The van der Waals surface area contributed by atoms with Gasteiger partial charge in [-0.15, -0.1) is 0 Å². The summed E-state index contributed by atoms with van der Waals surface area (Å²) in [4.78, 5) is 25.6. The maximum Gasteiger partial charge on any atom is 0.250 e. The number of ether oxygens (including phenoxy) is 1. The maximum absolute atomic E-state index is 13.5. The lowest BCUT2D eigenvalue weighted by atomic mass is 10.1. The highest BCUT2D eigenvalue weighted by Crippen LogP contribution is 2.27. The second-order valence-electron chi connectivity index (χ2n) is 7.23. The number of nitrogens with one attached hydrogen (secondary N) is 1. The molecule has 31 heavy (non-hydrogen) atoms. The van der Waals surface area contributed by atoms with Crippen LogP contribution in [0, 0.1) is 5.82 Å². The number of nitrogens with zero attached hydrogens (tertiary/aromatic N) is 4. The molecule has 8 nitrogen and oxygen atoms in total. The minimum atomic E-state index is -0.530. The minimum absolute atomic E-state index is 0.290. The Kier molecular flexibility index (Phi) is 4.79. The average Bonchev–Trinajstić information content (AvgIpc) is 3.21. The quantitative estimate of drug-likeness (QED) is 0.516. The van der Waals surface area contributed by atoms with Gasteiger partial charge in [0.2, 0.25) is 0 Å². The number of benzene rings is 1. The van der Waals surface area contributed by atoms with Gasteiger partial charge in [0.15, 0.2) is 11.6 Å². The van der Waals surface area contributed by atoms with Gasteiger partial charge in [-0.05, 0) is 29.8 Å². The van der Waals surface area contributed by atoms with E-state index in [9.17, 15) is 9.18 Å². The van der Waals surface area contributed by atoms with Crippen LogP contribution in [0.2, 0.25) is 0 Å². The Morgan fingerprint density at radius 3 is 3.00 bits per heavy atom. The standard InChI is InChI=1S/C22H19FN6O2/c23-14-4-1-3-13(9-14)10-25-20-16-12-31-8-6-17(16)27-21(28-20)22-26-11-18-15(19(24)30)5-2-7-29(18)22/h1-5,7,9,11H,6,8,10,12H2,(H2,24,30)(H,25,27,28). The molecule has 1 aliphatic rings. The third-order valence-electron chi connectivity index (χ3n) is 5.21. The molecule has 0 bridgehead atoms. The lowest BCUT2D eigenvalue weighted by Crippen LogP contribution is -2.17. The average molecular weight is 418 g/mol. The van der Waals surface area contributed by atoms with Gasteiger partial charge in [0, 0.05) is 24.7 Å². The number of aromatic nitrogens is 4. The van der Waals surface area contributed by atoms with Crippen molar-refractivity contribution in [2.24, 2.45) is 5.73 Å². The van der Waals surface area contributed by atoms with E-state index in [4.69, 9.17) is 20.4 Å². The number of carbonyl (C=O) groups is 1. The third kappa shape index (κ3) is 3.59. The van der Waals surface area contributed by atoms with Crippen LogP contribution in [0.25, 0.3) is 17.2 Å². The minimum Gasteiger partial charge on any atom is -0.376 e. The monoisotopic (exact) mass is 418 g/mol. The predicted molar refractivity (Wildman–Crippen MR) is 112 cm³/mol. The Labute approximate surface area is 176 Å². The van der Waals surface area contributed by atoms with E-state index in [1.807, 2.05) is 6.07 Å². The number of nitrogens with two attached hydrogens (primary N) is 1. The van der Waals surface area contributed by atoms with Crippen LogP contribution in [0.5, 0.6) is 0 Å². The van der Waals surface area contributed by atoms with Crippen LogP contribution < -0.4 is 11.1 Å². The molecule has 3 N–H and O–H groups in total. The van der Waals surface area contributed by atoms with Crippen molar-refractivity contribution in [2.75, 3.05) is 11.9 Å². The summed E-state index contributed by atoms with van der Waals surface area (Å²) in [7, 11) is 0. The van der Waals surface area contributed by atoms with Crippen molar-refractivity contribution in [1.29, 1.82) is 0 Å². The van der Waals surface area contributed by atoms with Crippen molar-refractivity contribution in [3.8, 4) is 11.6 Å². The lowest BCUT2D eigenvalue weighted by molar-refractivity contribution is 0.100. The zero-order valence-electron chi connectivity index (χ0n) is 16.5. The summed E-state index contributed by atoms with van der Waals surface area (Å²) in [5, 5.41) is 3.29. The van der Waals surface area contributed by atoms with E-state index in [-0.39, 0.29) is 5.82 Å². The summed E-state index contributed by atoms with van der Waals surface area (Å²) < 4.78 is 20.9. The highest BCUT2D eigenvalue weighted by atomic mass is 19.1. The summed E-state index contributed by atoms with van der Waals surface area (Å²) in [6.45, 7) is 1.37. The molecule has 3 aromatic heterocycles. The first kappa shape index (κ1) is 19.1. The van der Waals surface area contributed by atoms with Crippen LogP contribution in [0.3, 0.4) is 0 Å². The first-order chi connectivity index (χ1) is 15.1. The van der Waals surface area contributed by atoms with Crippen LogP contribution in [-0.2, 0) is 24.3 Å². The van der Waals surface area contributed by atoms with Gasteiger partial charge in [-0.2, -0.15) is 0 Å². The van der Waals surface area contributed by atoms with Crippen LogP contribution in [0.15, 0.2) is 48.8 Å². The molecule has 9 heteroatoms. The molecule has 0 aliphatic carbocycles. The van der Waals surface area contributed by atoms with Crippen molar-refractivity contribution < 1.29 is 13.9 Å². The van der Waals surface area contributed by atoms with E-state index in [0.29, 0.717) is 54.7 Å². The largest absolute Gasteiger partial charge is 0.376 e. The van der Waals surface area contributed by atoms with E-state index in [1.165, 1.54) is 12.1 Å². The molecule has 0 spiro atoms. The fourth-order valence-electron chi connectivity index (χ4n) is 3.71. The zero-order chi connectivity index (χ0) is 21.4. The van der Waals surface area contributed by atoms with Crippen LogP contribution >= 0.6 is 0 Å². The number of primary amides is 1. The number of amides is 1. The molecule has 0 saturated carbocycles. The van der Waals surface area contributed by atoms with E-state index in [1.54, 1.807) is 35.0 Å². The predicted octanol–water partition coefficient (Wildman–Crippen LogP) is 2.71. The zero-order valence-corrected chi connectivity index (χ0v) is 16.5.